The molecule has 0 aromatic heterocycles. The average molecular weight is 622 g/mol. The fraction of sp³-hybridized carbons (Fsp3) is 0.270. The van der Waals surface area contributed by atoms with Crippen molar-refractivity contribution in [2.24, 2.45) is 10.9 Å². The number of aryl methyl sites for hydroxylation is 3. The van der Waals surface area contributed by atoms with Gasteiger partial charge in [0, 0.05) is 17.8 Å². The molecule has 0 saturated heterocycles. The fourth-order valence-corrected chi connectivity index (χ4v) is 6.91. The van der Waals surface area contributed by atoms with Gasteiger partial charge in [-0.25, -0.2) is 0 Å². The molecule has 0 unspecified atom stereocenters. The van der Waals surface area contributed by atoms with E-state index in [1.807, 2.05) is 25.3 Å². The molecule has 0 bridgehead atoms. The second kappa shape index (κ2) is 12.2. The molecule has 1 aliphatic heterocycles. The van der Waals surface area contributed by atoms with E-state index < -0.39 is 0 Å². The maximum Gasteiger partial charge on any atom is 0.175 e. The van der Waals surface area contributed by atoms with E-state index in [2.05, 4.69) is 115 Å². The zero-order valence-corrected chi connectivity index (χ0v) is 26.2. The van der Waals surface area contributed by atoms with Crippen molar-refractivity contribution in [1.29, 1.82) is 0 Å². The van der Waals surface area contributed by atoms with Gasteiger partial charge in [0.2, 0.25) is 0 Å². The Hall–Kier alpha value is -3.83. The lowest BCUT2D eigenvalue weighted by atomic mass is 9.76. The minimum Gasteiger partial charge on any atom is -0.490 e. The summed E-state index contributed by atoms with van der Waals surface area (Å²) in [6, 6.07) is 26.2. The molecular weight excluding hydrogens is 584 g/mol. The third kappa shape index (κ3) is 6.03. The lowest BCUT2D eigenvalue weighted by Crippen LogP contribution is -2.29. The average Bonchev–Trinajstić information content (AvgIpc) is 3.46. The molecule has 5 heteroatoms. The Balaban J connectivity index is 1.18. The molecule has 1 heterocycles. The molecule has 0 saturated carbocycles. The van der Waals surface area contributed by atoms with Crippen molar-refractivity contribution in [1.82, 2.24) is 0 Å². The molecule has 0 amide bonds. The minimum absolute atomic E-state index is 0.277. The molecule has 42 heavy (non-hydrogen) atoms. The Bertz CT molecular complexity index is 1640. The number of allylic oxidation sites excluding steroid dienone is 2. The van der Waals surface area contributed by atoms with Crippen LogP contribution >= 0.6 is 15.9 Å². The third-order valence-corrected chi connectivity index (χ3v) is 8.72. The minimum atomic E-state index is 0.277. The summed E-state index contributed by atoms with van der Waals surface area (Å²) in [5, 5.41) is 3.84. The summed E-state index contributed by atoms with van der Waals surface area (Å²) in [7, 11) is 0. The first-order valence-corrected chi connectivity index (χ1v) is 15.5. The van der Waals surface area contributed by atoms with Crippen LogP contribution in [0.25, 0.3) is 0 Å². The summed E-state index contributed by atoms with van der Waals surface area (Å²) in [5.41, 5.74) is 10.7. The molecule has 4 aromatic carbocycles. The van der Waals surface area contributed by atoms with E-state index in [1.165, 1.54) is 33.5 Å². The fourth-order valence-electron chi connectivity index (χ4n) is 6.33. The summed E-state index contributed by atoms with van der Waals surface area (Å²) < 4.78 is 13.0. The van der Waals surface area contributed by atoms with Gasteiger partial charge in [0.25, 0.3) is 0 Å². The zero-order chi connectivity index (χ0) is 29.2. The van der Waals surface area contributed by atoms with Crippen LogP contribution in [-0.4, -0.2) is 12.8 Å². The number of fused-ring (bicyclic) bond motifs is 3. The lowest BCUT2D eigenvalue weighted by Gasteiger charge is -2.37. The van der Waals surface area contributed by atoms with Crippen molar-refractivity contribution in [3.8, 4) is 11.5 Å². The molecule has 4 aromatic rings. The number of nitrogens with one attached hydrogen (secondary N) is 1. The number of hydrogen-bond acceptors (Lipinski definition) is 4. The third-order valence-electron chi connectivity index (χ3n) is 8.13. The van der Waals surface area contributed by atoms with Crippen LogP contribution in [-0.2, 0) is 6.61 Å². The first kappa shape index (κ1) is 28.3. The van der Waals surface area contributed by atoms with Crippen LogP contribution < -0.4 is 14.8 Å². The van der Waals surface area contributed by atoms with E-state index in [4.69, 9.17) is 14.5 Å². The van der Waals surface area contributed by atoms with E-state index in [1.54, 1.807) is 0 Å². The molecule has 0 spiro atoms. The molecule has 1 N–H and O–H groups in total. The molecule has 4 nitrogen and oxygen atoms in total. The predicted molar refractivity (Wildman–Crippen MR) is 177 cm³/mol. The van der Waals surface area contributed by atoms with Crippen LogP contribution in [0.3, 0.4) is 0 Å². The van der Waals surface area contributed by atoms with Gasteiger partial charge in [-0.1, -0.05) is 71.3 Å². The van der Waals surface area contributed by atoms with Crippen LogP contribution in [0.5, 0.6) is 11.5 Å². The van der Waals surface area contributed by atoms with Crippen molar-refractivity contribution >= 4 is 33.5 Å². The standard InChI is InChI=1S/C37H37BrN2O2/c1-5-41-35-20-26(19-33(38)37(35)42-22-27-16-24(3)15-25(4)17-27)21-39-29-12-10-28(11-13-29)36-31-8-6-7-30(31)32-18-23(2)9-14-34(32)40-36/h6-7,9-21,30-31,36,40H,5,8,22H2,1-4H3/t30-,31-,36-/m0/s1. The molecule has 2 aliphatic rings. The van der Waals surface area contributed by atoms with Crippen LogP contribution in [0, 0.1) is 26.7 Å². The summed E-state index contributed by atoms with van der Waals surface area (Å²) in [4.78, 5) is 4.78. The molecule has 0 radical (unpaired) electrons. The zero-order valence-electron chi connectivity index (χ0n) is 24.7. The number of anilines is 1. The second-order valence-corrected chi connectivity index (χ2v) is 12.3. The first-order chi connectivity index (χ1) is 20.4. The van der Waals surface area contributed by atoms with Crippen LogP contribution in [0.4, 0.5) is 11.4 Å². The van der Waals surface area contributed by atoms with Gasteiger partial charge in [-0.15, -0.1) is 0 Å². The summed E-state index contributed by atoms with van der Waals surface area (Å²) in [5.74, 6) is 2.40. The van der Waals surface area contributed by atoms with Gasteiger partial charge in [0.05, 0.1) is 22.8 Å². The monoisotopic (exact) mass is 620 g/mol. The number of rotatable bonds is 8. The predicted octanol–water partition coefficient (Wildman–Crippen LogP) is 9.93. The van der Waals surface area contributed by atoms with Gasteiger partial charge in [-0.2, -0.15) is 0 Å². The Kier molecular flexibility index (Phi) is 8.21. The number of ether oxygens (including phenoxy) is 2. The molecule has 0 fully saturated rings. The van der Waals surface area contributed by atoms with Gasteiger partial charge in [0.15, 0.2) is 11.5 Å². The number of aliphatic imine (C=N–C) groups is 1. The van der Waals surface area contributed by atoms with Gasteiger partial charge in [-0.05, 0) is 109 Å². The Morgan fingerprint density at radius 3 is 2.45 bits per heavy atom. The maximum absolute atomic E-state index is 6.24. The van der Waals surface area contributed by atoms with Crippen LogP contribution in [0.2, 0.25) is 0 Å². The van der Waals surface area contributed by atoms with Crippen LogP contribution in [0.15, 0.2) is 94.4 Å². The number of halogens is 1. The largest absolute Gasteiger partial charge is 0.490 e. The number of nitrogens with zero attached hydrogens (tertiary/aromatic N) is 1. The lowest BCUT2D eigenvalue weighted by molar-refractivity contribution is 0.267. The highest BCUT2D eigenvalue weighted by molar-refractivity contribution is 9.10. The van der Waals surface area contributed by atoms with E-state index in [9.17, 15) is 0 Å². The van der Waals surface area contributed by atoms with E-state index in [0.717, 1.165) is 27.7 Å². The van der Waals surface area contributed by atoms with E-state index >= 15 is 0 Å². The molecule has 1 aliphatic carbocycles. The van der Waals surface area contributed by atoms with Crippen molar-refractivity contribution in [3.05, 3.63) is 128 Å². The Morgan fingerprint density at radius 2 is 1.69 bits per heavy atom. The van der Waals surface area contributed by atoms with Gasteiger partial charge >= 0.3 is 0 Å². The van der Waals surface area contributed by atoms with Crippen molar-refractivity contribution < 1.29 is 9.47 Å². The second-order valence-electron chi connectivity index (χ2n) is 11.5. The normalized spacial score (nSPS) is 18.9. The Morgan fingerprint density at radius 1 is 0.905 bits per heavy atom. The van der Waals surface area contributed by atoms with Gasteiger partial charge in [-0.3, -0.25) is 4.99 Å². The first-order valence-electron chi connectivity index (χ1n) is 14.7. The smallest absolute Gasteiger partial charge is 0.175 e. The van der Waals surface area contributed by atoms with Gasteiger partial charge < -0.3 is 14.8 Å². The molecule has 6 rings (SSSR count). The van der Waals surface area contributed by atoms with Gasteiger partial charge in [0.1, 0.15) is 6.61 Å². The summed E-state index contributed by atoms with van der Waals surface area (Å²) in [6.07, 6.45) is 7.71. The van der Waals surface area contributed by atoms with E-state index in [0.29, 0.717) is 36.5 Å². The highest BCUT2D eigenvalue weighted by Gasteiger charge is 2.37. The highest BCUT2D eigenvalue weighted by Crippen LogP contribution is 2.50. The Labute approximate surface area is 257 Å². The van der Waals surface area contributed by atoms with Crippen molar-refractivity contribution in [3.63, 3.8) is 0 Å². The molecule has 3 atom stereocenters. The summed E-state index contributed by atoms with van der Waals surface area (Å²) >= 11 is 3.71. The summed E-state index contributed by atoms with van der Waals surface area (Å²) in [6.45, 7) is 9.38. The SMILES string of the molecule is CCOc1cc(C=Nc2ccc([C@@H]3Nc4ccc(C)cc4[C@H]4C=CC[C@@H]43)cc2)cc(Br)c1OCc1cc(C)cc(C)c1. The maximum atomic E-state index is 6.24. The number of hydrogen-bond donors (Lipinski definition) is 1. The number of benzene rings is 4. The van der Waals surface area contributed by atoms with Crippen LogP contribution in [0.1, 0.15) is 64.2 Å². The molecular formula is C37H37BrN2O2. The molecule has 214 valence electrons. The quantitative estimate of drug-likeness (QED) is 0.157. The van der Waals surface area contributed by atoms with Crippen molar-refractivity contribution in [2.45, 2.75) is 52.7 Å². The van der Waals surface area contributed by atoms with E-state index in [-0.39, 0.29) is 6.04 Å². The topological polar surface area (TPSA) is 42.8 Å². The van der Waals surface area contributed by atoms with Crippen molar-refractivity contribution in [2.75, 3.05) is 11.9 Å². The highest BCUT2D eigenvalue weighted by atomic mass is 79.9.